The quantitative estimate of drug-likeness (QED) is 0.861. The number of amides is 1. The van der Waals surface area contributed by atoms with Gasteiger partial charge in [0.15, 0.2) is 0 Å². The van der Waals surface area contributed by atoms with Gasteiger partial charge in [-0.3, -0.25) is 4.79 Å². The lowest BCUT2D eigenvalue weighted by molar-refractivity contribution is -0.139. The molecule has 1 aromatic heterocycles. The lowest BCUT2D eigenvalue weighted by atomic mass is 10.1. The van der Waals surface area contributed by atoms with Crippen LogP contribution < -0.4 is 5.32 Å². The van der Waals surface area contributed by atoms with E-state index in [0.717, 1.165) is 5.56 Å². The van der Waals surface area contributed by atoms with E-state index >= 15 is 0 Å². The highest BCUT2D eigenvalue weighted by Crippen LogP contribution is 2.05. The summed E-state index contributed by atoms with van der Waals surface area (Å²) in [6.07, 6.45) is 1.68. The molecule has 1 heterocycles. The summed E-state index contributed by atoms with van der Waals surface area (Å²) in [6, 6.07) is 9.57. The number of aliphatic carboxylic acids is 1. The van der Waals surface area contributed by atoms with Gasteiger partial charge in [0.1, 0.15) is 17.6 Å². The molecule has 21 heavy (non-hydrogen) atoms. The van der Waals surface area contributed by atoms with E-state index in [1.165, 1.54) is 12.3 Å². The number of benzene rings is 1. The molecular formula is C15H15N3O3. The molecule has 0 saturated carbocycles. The van der Waals surface area contributed by atoms with Crippen LogP contribution in [0.15, 0.2) is 42.6 Å². The van der Waals surface area contributed by atoms with Gasteiger partial charge in [-0.15, -0.1) is 0 Å². The second-order valence-corrected chi connectivity index (χ2v) is 4.54. The van der Waals surface area contributed by atoms with Gasteiger partial charge in [0, 0.05) is 12.6 Å². The average molecular weight is 285 g/mol. The lowest BCUT2D eigenvalue weighted by Gasteiger charge is -2.14. The molecule has 0 radical (unpaired) electrons. The zero-order chi connectivity index (χ0) is 15.2. The average Bonchev–Trinajstić information content (AvgIpc) is 2.47. The van der Waals surface area contributed by atoms with Crippen LogP contribution in [0.3, 0.4) is 0 Å². The molecule has 0 aliphatic carbocycles. The van der Waals surface area contributed by atoms with Crippen molar-refractivity contribution in [1.82, 2.24) is 15.3 Å². The summed E-state index contributed by atoms with van der Waals surface area (Å²) in [5.74, 6) is -1.15. The Hall–Kier alpha value is -2.76. The Kier molecular flexibility index (Phi) is 4.61. The van der Waals surface area contributed by atoms with Crippen LogP contribution in [0, 0.1) is 6.92 Å². The molecule has 1 aromatic carbocycles. The lowest BCUT2D eigenvalue weighted by Crippen LogP contribution is -2.42. The Morgan fingerprint density at radius 3 is 2.57 bits per heavy atom. The number of carbonyl (C=O) groups excluding carboxylic acids is 1. The molecule has 0 saturated heterocycles. The topological polar surface area (TPSA) is 92.2 Å². The van der Waals surface area contributed by atoms with Crippen molar-refractivity contribution < 1.29 is 14.7 Å². The highest BCUT2D eigenvalue weighted by Gasteiger charge is 2.21. The number of hydrogen-bond acceptors (Lipinski definition) is 4. The number of nitrogens with one attached hydrogen (secondary N) is 1. The van der Waals surface area contributed by atoms with Gasteiger partial charge in [-0.1, -0.05) is 30.3 Å². The summed E-state index contributed by atoms with van der Waals surface area (Å²) < 4.78 is 0. The normalized spacial score (nSPS) is 11.7. The molecule has 108 valence electrons. The van der Waals surface area contributed by atoms with Crippen LogP contribution in [0.25, 0.3) is 0 Å². The van der Waals surface area contributed by atoms with E-state index in [1.807, 2.05) is 30.3 Å². The third kappa shape index (κ3) is 4.10. The van der Waals surface area contributed by atoms with Gasteiger partial charge in [-0.2, -0.15) is 0 Å². The minimum absolute atomic E-state index is 0.154. The molecule has 0 bridgehead atoms. The number of rotatable bonds is 5. The van der Waals surface area contributed by atoms with Gasteiger partial charge in [-0.05, 0) is 18.6 Å². The van der Waals surface area contributed by atoms with Crippen molar-refractivity contribution in [1.29, 1.82) is 0 Å². The van der Waals surface area contributed by atoms with Gasteiger partial charge in [0.05, 0.1) is 0 Å². The number of aryl methyl sites for hydroxylation is 1. The number of hydrogen-bond donors (Lipinski definition) is 2. The molecular weight excluding hydrogens is 270 g/mol. The maximum atomic E-state index is 12.0. The fraction of sp³-hybridized carbons (Fsp3) is 0.200. The molecule has 0 fully saturated rings. The number of nitrogens with zero attached hydrogens (tertiary/aromatic N) is 2. The second kappa shape index (κ2) is 6.60. The van der Waals surface area contributed by atoms with Crippen LogP contribution in [0.2, 0.25) is 0 Å². The van der Waals surface area contributed by atoms with E-state index in [-0.39, 0.29) is 12.1 Å². The zero-order valence-electron chi connectivity index (χ0n) is 11.5. The molecule has 0 spiro atoms. The van der Waals surface area contributed by atoms with E-state index in [2.05, 4.69) is 15.3 Å². The van der Waals surface area contributed by atoms with Crippen LogP contribution in [0.5, 0.6) is 0 Å². The SMILES string of the molecule is Cc1nccc(C(=O)N[C@H](Cc2ccccc2)C(=O)O)n1. The van der Waals surface area contributed by atoms with Crippen LogP contribution in [-0.4, -0.2) is 33.0 Å². The highest BCUT2D eigenvalue weighted by molar-refractivity contribution is 5.94. The van der Waals surface area contributed by atoms with Crippen molar-refractivity contribution in [2.45, 2.75) is 19.4 Å². The summed E-state index contributed by atoms with van der Waals surface area (Å²) in [5, 5.41) is 11.7. The molecule has 2 aromatic rings. The molecule has 6 heteroatoms. The number of carboxylic acid groups (broad SMARTS) is 1. The summed E-state index contributed by atoms with van der Waals surface area (Å²) >= 11 is 0. The molecule has 1 amide bonds. The predicted molar refractivity (Wildman–Crippen MR) is 75.8 cm³/mol. The van der Waals surface area contributed by atoms with E-state index in [1.54, 1.807) is 6.92 Å². The monoisotopic (exact) mass is 285 g/mol. The Labute approximate surface area is 121 Å². The molecule has 0 unspecified atom stereocenters. The molecule has 0 aliphatic rings. The first-order valence-electron chi connectivity index (χ1n) is 6.43. The summed E-state index contributed by atoms with van der Waals surface area (Å²) in [6.45, 7) is 1.66. The minimum atomic E-state index is -1.09. The number of aromatic nitrogens is 2. The Morgan fingerprint density at radius 1 is 1.24 bits per heavy atom. The Bertz CT molecular complexity index is 644. The Morgan fingerprint density at radius 2 is 1.95 bits per heavy atom. The summed E-state index contributed by atoms with van der Waals surface area (Å²) in [5.41, 5.74) is 0.992. The first kappa shape index (κ1) is 14.6. The van der Waals surface area contributed by atoms with Gasteiger partial charge in [-0.25, -0.2) is 14.8 Å². The van der Waals surface area contributed by atoms with E-state index in [9.17, 15) is 14.7 Å². The highest BCUT2D eigenvalue weighted by atomic mass is 16.4. The fourth-order valence-electron chi connectivity index (χ4n) is 1.86. The minimum Gasteiger partial charge on any atom is -0.480 e. The van der Waals surface area contributed by atoms with E-state index < -0.39 is 17.9 Å². The smallest absolute Gasteiger partial charge is 0.326 e. The van der Waals surface area contributed by atoms with Crippen molar-refractivity contribution in [3.63, 3.8) is 0 Å². The van der Waals surface area contributed by atoms with E-state index in [4.69, 9.17) is 0 Å². The zero-order valence-corrected chi connectivity index (χ0v) is 11.5. The molecule has 1 atom stereocenters. The van der Waals surface area contributed by atoms with Crippen molar-refractivity contribution >= 4 is 11.9 Å². The largest absolute Gasteiger partial charge is 0.480 e. The van der Waals surface area contributed by atoms with Crippen molar-refractivity contribution in [3.05, 3.63) is 59.7 Å². The number of carboxylic acids is 1. The van der Waals surface area contributed by atoms with Crippen LogP contribution in [0.4, 0.5) is 0 Å². The van der Waals surface area contributed by atoms with Gasteiger partial charge < -0.3 is 10.4 Å². The molecule has 0 aliphatic heterocycles. The maximum absolute atomic E-state index is 12.0. The first-order valence-corrected chi connectivity index (χ1v) is 6.43. The second-order valence-electron chi connectivity index (χ2n) is 4.54. The first-order chi connectivity index (χ1) is 10.1. The maximum Gasteiger partial charge on any atom is 0.326 e. The summed E-state index contributed by atoms with van der Waals surface area (Å²) in [4.78, 5) is 31.2. The molecule has 6 nitrogen and oxygen atoms in total. The third-order valence-electron chi connectivity index (χ3n) is 2.89. The molecule has 2 rings (SSSR count). The molecule has 2 N–H and O–H groups in total. The van der Waals surface area contributed by atoms with Crippen molar-refractivity contribution in [3.8, 4) is 0 Å². The van der Waals surface area contributed by atoms with Gasteiger partial charge >= 0.3 is 5.97 Å². The van der Waals surface area contributed by atoms with Crippen molar-refractivity contribution in [2.24, 2.45) is 0 Å². The van der Waals surface area contributed by atoms with Gasteiger partial charge in [0.2, 0.25) is 0 Å². The van der Waals surface area contributed by atoms with Crippen LogP contribution >= 0.6 is 0 Å². The standard InChI is InChI=1S/C15H15N3O3/c1-10-16-8-7-12(17-10)14(19)18-13(15(20)21)9-11-5-3-2-4-6-11/h2-8,13H,9H2,1H3,(H,18,19)(H,20,21)/t13-/m1/s1. The van der Waals surface area contributed by atoms with E-state index in [0.29, 0.717) is 5.82 Å². The summed E-state index contributed by atoms with van der Waals surface area (Å²) in [7, 11) is 0. The number of carbonyl (C=O) groups is 2. The van der Waals surface area contributed by atoms with Crippen LogP contribution in [0.1, 0.15) is 21.9 Å². The third-order valence-corrected chi connectivity index (χ3v) is 2.89. The van der Waals surface area contributed by atoms with Gasteiger partial charge in [0.25, 0.3) is 5.91 Å². The fourth-order valence-corrected chi connectivity index (χ4v) is 1.86. The van der Waals surface area contributed by atoms with Crippen molar-refractivity contribution in [2.75, 3.05) is 0 Å². The van der Waals surface area contributed by atoms with Crippen LogP contribution in [-0.2, 0) is 11.2 Å². The predicted octanol–water partition coefficient (Wildman–Crippen LogP) is 1.21. The Balaban J connectivity index is 2.10.